The number of nitrogens with one attached hydrogen (secondary N) is 4. The molecule has 2 aromatic heterocycles. The monoisotopic (exact) mass is 792 g/mol. The molecule has 0 bridgehead atoms. The fourth-order valence-electron chi connectivity index (χ4n) is 7.86. The Morgan fingerprint density at radius 2 is 1.07 bits per heavy atom. The lowest BCUT2D eigenvalue weighted by atomic mass is 9.98. The highest BCUT2D eigenvalue weighted by atomic mass is 16.5. The first kappa shape index (κ1) is 40.0. The fourth-order valence-corrected chi connectivity index (χ4v) is 7.86. The van der Waals surface area contributed by atoms with E-state index in [1.165, 1.54) is 28.4 Å². The lowest BCUT2D eigenvalue weighted by molar-refractivity contribution is -0.136. The molecule has 2 aliphatic rings. The molecule has 4 atom stereocenters. The van der Waals surface area contributed by atoms with Gasteiger partial charge in [0, 0.05) is 32.9 Å². The van der Waals surface area contributed by atoms with Gasteiger partial charge in [0.1, 0.15) is 23.7 Å². The Bertz CT molecular complexity index is 2250. The van der Waals surface area contributed by atoms with Crippen molar-refractivity contribution in [2.45, 2.75) is 49.9 Å². The van der Waals surface area contributed by atoms with E-state index in [0.717, 1.165) is 70.1 Å². The van der Waals surface area contributed by atoms with Gasteiger partial charge in [-0.2, -0.15) is 0 Å². The van der Waals surface area contributed by atoms with Crippen LogP contribution in [0.4, 0.5) is 9.59 Å². The molecule has 4 amide bonds. The van der Waals surface area contributed by atoms with E-state index in [1.54, 1.807) is 22.2 Å². The second-order valence-corrected chi connectivity index (χ2v) is 14.4. The summed E-state index contributed by atoms with van der Waals surface area (Å²) in [6.45, 7) is 1.15. The summed E-state index contributed by atoms with van der Waals surface area (Å²) in [5, 5.41) is 7.31. The molecule has 2 saturated heterocycles. The predicted octanol–water partition coefficient (Wildman–Crippen LogP) is 5.36. The van der Waals surface area contributed by atoms with E-state index in [1.807, 2.05) is 0 Å². The zero-order valence-corrected chi connectivity index (χ0v) is 32.9. The number of carbonyl (C=O) groups excluding carboxylic acids is 4. The highest BCUT2D eigenvalue weighted by Gasteiger charge is 2.38. The van der Waals surface area contributed by atoms with Crippen LogP contribution in [0.15, 0.2) is 73.1 Å². The average molecular weight is 793 g/mol. The number of hydrogen-bond acceptors (Lipinski definition) is 10. The lowest BCUT2D eigenvalue weighted by Gasteiger charge is -2.27. The van der Waals surface area contributed by atoms with Gasteiger partial charge in [0.05, 0.1) is 63.3 Å². The third-order valence-corrected chi connectivity index (χ3v) is 10.8. The standard InChI is InChI=1S/C42H48N8O8/c1-55-23-33(47-41(53)57-3)39(51)49-17-5-7-35(49)37-43-21-31(45-37)26-11-9-25(10-12-26)27-13-14-29-20-30(16-15-28(29)19-27)32-22-44-38(46-32)36-8-6-18-50(36)40(52)34(24-56-2)48-42(54)58-4/h9-16,19-22,33-36H,5-8,17-18,23-24H2,1-4H3,(H,43,45)(H,44,46)(H,47,53)(H,48,54). The van der Waals surface area contributed by atoms with Crippen LogP contribution in [0, 0.1) is 0 Å². The number of H-pyrrole nitrogens is 2. The molecule has 304 valence electrons. The Hall–Kier alpha value is -6.26. The van der Waals surface area contributed by atoms with Gasteiger partial charge >= 0.3 is 12.2 Å². The Morgan fingerprint density at radius 3 is 1.55 bits per heavy atom. The molecular formula is C42H48N8O8. The Balaban J connectivity index is 1.02. The number of amides is 4. The van der Waals surface area contributed by atoms with Gasteiger partial charge < -0.3 is 49.3 Å². The van der Waals surface area contributed by atoms with Crippen LogP contribution in [0.25, 0.3) is 44.4 Å². The summed E-state index contributed by atoms with van der Waals surface area (Å²) in [7, 11) is 5.47. The molecule has 2 fully saturated rings. The SMILES string of the molecule is COCC(NC(=O)OC)C(=O)N1CCCC1c1ncc(-c2ccc(-c3ccc4cc(-c5cnc(C6CCCN6C(=O)C(COC)NC(=O)OC)[nH]5)ccc4c3)cc2)[nH]1. The molecule has 5 aromatic rings. The number of ether oxygens (including phenoxy) is 4. The number of benzene rings is 3. The molecule has 7 rings (SSSR count). The first-order valence-corrected chi connectivity index (χ1v) is 19.2. The van der Waals surface area contributed by atoms with Gasteiger partial charge in [0.2, 0.25) is 11.8 Å². The number of aromatic amines is 2. The number of fused-ring (bicyclic) bond motifs is 1. The van der Waals surface area contributed by atoms with Crippen LogP contribution in [-0.4, -0.2) is 121 Å². The summed E-state index contributed by atoms with van der Waals surface area (Å²) in [5.41, 5.74) is 5.76. The van der Waals surface area contributed by atoms with Crippen molar-refractivity contribution in [2.75, 3.05) is 54.7 Å². The smallest absolute Gasteiger partial charge is 0.407 e. The van der Waals surface area contributed by atoms with E-state index < -0.39 is 24.3 Å². The minimum Gasteiger partial charge on any atom is -0.453 e. The second kappa shape index (κ2) is 17.9. The quantitative estimate of drug-likeness (QED) is 0.121. The van der Waals surface area contributed by atoms with Gasteiger partial charge in [-0.15, -0.1) is 0 Å². The van der Waals surface area contributed by atoms with E-state index in [4.69, 9.17) is 18.9 Å². The van der Waals surface area contributed by atoms with Crippen LogP contribution >= 0.6 is 0 Å². The number of methoxy groups -OCH3 is 4. The predicted molar refractivity (Wildman–Crippen MR) is 214 cm³/mol. The zero-order valence-electron chi connectivity index (χ0n) is 32.9. The first-order valence-electron chi connectivity index (χ1n) is 19.2. The van der Waals surface area contributed by atoms with Crippen molar-refractivity contribution >= 4 is 34.8 Å². The maximum absolute atomic E-state index is 13.4. The summed E-state index contributed by atoms with van der Waals surface area (Å²) < 4.78 is 19.8. The largest absolute Gasteiger partial charge is 0.453 e. The van der Waals surface area contributed by atoms with Crippen molar-refractivity contribution in [2.24, 2.45) is 0 Å². The van der Waals surface area contributed by atoms with Crippen molar-refractivity contribution in [3.63, 3.8) is 0 Å². The lowest BCUT2D eigenvalue weighted by Crippen LogP contribution is -2.50. The van der Waals surface area contributed by atoms with Gasteiger partial charge in [-0.05, 0) is 65.3 Å². The summed E-state index contributed by atoms with van der Waals surface area (Å²) in [6.07, 6.45) is 5.32. The molecule has 0 saturated carbocycles. The molecule has 3 aromatic carbocycles. The number of alkyl carbamates (subject to hydrolysis) is 2. The highest BCUT2D eigenvalue weighted by molar-refractivity contribution is 5.91. The molecule has 0 aliphatic carbocycles. The fraction of sp³-hybridized carbons (Fsp3) is 0.381. The Labute approximate surface area is 335 Å². The van der Waals surface area contributed by atoms with Gasteiger partial charge in [-0.25, -0.2) is 19.6 Å². The Kier molecular flexibility index (Phi) is 12.3. The number of hydrogen-bond donors (Lipinski definition) is 4. The molecule has 16 nitrogen and oxygen atoms in total. The maximum atomic E-state index is 13.4. The number of nitrogens with zero attached hydrogens (tertiary/aromatic N) is 4. The van der Waals surface area contributed by atoms with Gasteiger partial charge in [0.25, 0.3) is 0 Å². The van der Waals surface area contributed by atoms with Gasteiger partial charge in [0.15, 0.2) is 0 Å². The third-order valence-electron chi connectivity index (χ3n) is 10.8. The number of carbonyl (C=O) groups is 4. The van der Waals surface area contributed by atoms with E-state index in [9.17, 15) is 19.2 Å². The summed E-state index contributed by atoms with van der Waals surface area (Å²) in [5.74, 6) is 0.892. The molecule has 4 unspecified atom stereocenters. The highest BCUT2D eigenvalue weighted by Crippen LogP contribution is 2.35. The molecule has 4 heterocycles. The summed E-state index contributed by atoms with van der Waals surface area (Å²) in [4.78, 5) is 70.3. The molecule has 0 radical (unpaired) electrons. The van der Waals surface area contributed by atoms with E-state index in [-0.39, 0.29) is 37.1 Å². The van der Waals surface area contributed by atoms with E-state index in [0.29, 0.717) is 24.7 Å². The van der Waals surface area contributed by atoms with Crippen LogP contribution in [-0.2, 0) is 28.5 Å². The number of aromatic nitrogens is 4. The van der Waals surface area contributed by atoms with E-state index >= 15 is 0 Å². The number of likely N-dealkylation sites (tertiary alicyclic amines) is 2. The average Bonchev–Trinajstić information content (AvgIpc) is 4.10. The van der Waals surface area contributed by atoms with Crippen LogP contribution in [0.3, 0.4) is 0 Å². The molecule has 0 spiro atoms. The minimum absolute atomic E-state index is 0.0275. The summed E-state index contributed by atoms with van der Waals surface area (Å²) in [6, 6.07) is 18.7. The second-order valence-electron chi connectivity index (χ2n) is 14.4. The van der Waals surface area contributed by atoms with Crippen molar-refractivity contribution in [3.05, 3.63) is 84.7 Å². The molecule has 16 heteroatoms. The first-order chi connectivity index (χ1) is 28.2. The molecular weight excluding hydrogens is 745 g/mol. The third kappa shape index (κ3) is 8.52. The van der Waals surface area contributed by atoms with E-state index in [2.05, 4.69) is 91.2 Å². The topological polar surface area (TPSA) is 193 Å². The van der Waals surface area contributed by atoms with Crippen molar-refractivity contribution in [3.8, 4) is 33.6 Å². The van der Waals surface area contributed by atoms with Crippen LogP contribution in [0.5, 0.6) is 0 Å². The van der Waals surface area contributed by atoms with Crippen molar-refractivity contribution in [1.29, 1.82) is 0 Å². The molecule has 2 aliphatic heterocycles. The molecule has 58 heavy (non-hydrogen) atoms. The van der Waals surface area contributed by atoms with Crippen LogP contribution < -0.4 is 10.6 Å². The summed E-state index contributed by atoms with van der Waals surface area (Å²) >= 11 is 0. The van der Waals surface area contributed by atoms with Gasteiger partial charge in [-0.3, -0.25) is 9.59 Å². The number of rotatable bonds is 13. The molecule has 4 N–H and O–H groups in total. The maximum Gasteiger partial charge on any atom is 0.407 e. The minimum atomic E-state index is -0.866. The number of imidazole rings is 2. The van der Waals surface area contributed by atoms with Gasteiger partial charge in [-0.1, -0.05) is 48.5 Å². The Morgan fingerprint density at radius 1 is 0.638 bits per heavy atom. The normalized spacial score (nSPS) is 17.6. The van der Waals surface area contributed by atoms with Crippen molar-refractivity contribution in [1.82, 2.24) is 40.4 Å². The zero-order chi connectivity index (χ0) is 40.8. The van der Waals surface area contributed by atoms with Crippen LogP contribution in [0.2, 0.25) is 0 Å². The van der Waals surface area contributed by atoms with Crippen molar-refractivity contribution < 1.29 is 38.1 Å². The van der Waals surface area contributed by atoms with Crippen LogP contribution in [0.1, 0.15) is 49.4 Å².